The molecule has 0 spiro atoms. The van der Waals surface area contributed by atoms with Gasteiger partial charge in [0.1, 0.15) is 5.76 Å². The number of rotatable bonds is 5. The highest BCUT2D eigenvalue weighted by molar-refractivity contribution is 14.1. The molecule has 1 aromatic rings. The molecule has 80 valence electrons. The topological polar surface area (TPSA) is 45.4 Å². The summed E-state index contributed by atoms with van der Waals surface area (Å²) in [6.07, 6.45) is 0. The smallest absolute Gasteiger partial charge is 0.164 e. The van der Waals surface area contributed by atoms with E-state index in [1.54, 1.807) is 0 Å². The Morgan fingerprint density at radius 3 is 2.64 bits per heavy atom. The van der Waals surface area contributed by atoms with Crippen molar-refractivity contribution in [2.75, 3.05) is 6.61 Å². The van der Waals surface area contributed by atoms with Crippen LogP contribution < -0.4 is 5.32 Å². The van der Waals surface area contributed by atoms with Gasteiger partial charge in [0.15, 0.2) is 3.77 Å². The second kappa shape index (κ2) is 5.72. The average molecular weight is 309 g/mol. The van der Waals surface area contributed by atoms with Gasteiger partial charge in [0.25, 0.3) is 0 Å². The summed E-state index contributed by atoms with van der Waals surface area (Å²) in [5, 5.41) is 12.3. The van der Waals surface area contributed by atoms with Gasteiger partial charge in [-0.3, -0.25) is 0 Å². The maximum absolute atomic E-state index is 9.09. The first-order valence-corrected chi connectivity index (χ1v) is 5.79. The summed E-state index contributed by atoms with van der Waals surface area (Å²) in [6.45, 7) is 5.00. The fraction of sp³-hybridized carbons (Fsp3) is 0.600. The van der Waals surface area contributed by atoms with Gasteiger partial charge in [-0.25, -0.2) is 0 Å². The van der Waals surface area contributed by atoms with Crippen molar-refractivity contribution in [2.24, 2.45) is 5.92 Å². The Morgan fingerprint density at radius 2 is 2.21 bits per heavy atom. The standard InChI is InChI=1S/C10H16INO2/c1-7(2)9(6-13)12-5-8-3-4-10(11)14-8/h3-4,7,9,12-13H,5-6H2,1-2H3. The second-order valence-electron chi connectivity index (χ2n) is 3.62. The molecule has 4 heteroatoms. The highest BCUT2D eigenvalue weighted by Gasteiger charge is 2.11. The molecule has 14 heavy (non-hydrogen) atoms. The Labute approximate surface area is 98.0 Å². The van der Waals surface area contributed by atoms with Gasteiger partial charge in [-0.05, 0) is 40.6 Å². The molecule has 0 amide bonds. The third kappa shape index (κ3) is 3.59. The molecule has 1 rings (SSSR count). The zero-order chi connectivity index (χ0) is 10.6. The molecule has 0 aliphatic carbocycles. The molecule has 0 fully saturated rings. The van der Waals surface area contributed by atoms with E-state index in [2.05, 4.69) is 41.8 Å². The van der Waals surface area contributed by atoms with E-state index < -0.39 is 0 Å². The Balaban J connectivity index is 2.39. The van der Waals surface area contributed by atoms with Gasteiger partial charge in [-0.2, -0.15) is 0 Å². The Hall–Kier alpha value is -0.0700. The molecule has 2 N–H and O–H groups in total. The van der Waals surface area contributed by atoms with Crippen molar-refractivity contribution in [3.63, 3.8) is 0 Å². The molecule has 0 radical (unpaired) electrons. The summed E-state index contributed by atoms with van der Waals surface area (Å²) >= 11 is 2.14. The molecule has 1 heterocycles. The largest absolute Gasteiger partial charge is 0.454 e. The number of hydrogen-bond donors (Lipinski definition) is 2. The van der Waals surface area contributed by atoms with Gasteiger partial charge < -0.3 is 14.8 Å². The quantitative estimate of drug-likeness (QED) is 0.818. The minimum atomic E-state index is 0.137. The van der Waals surface area contributed by atoms with Gasteiger partial charge in [0, 0.05) is 6.04 Å². The zero-order valence-electron chi connectivity index (χ0n) is 8.46. The van der Waals surface area contributed by atoms with Gasteiger partial charge in [-0.15, -0.1) is 0 Å². The first-order valence-electron chi connectivity index (χ1n) is 4.72. The van der Waals surface area contributed by atoms with Crippen LogP contribution in [-0.2, 0) is 6.54 Å². The second-order valence-corrected chi connectivity index (χ2v) is 4.68. The van der Waals surface area contributed by atoms with Gasteiger partial charge in [0.2, 0.25) is 0 Å². The van der Waals surface area contributed by atoms with E-state index in [0.29, 0.717) is 12.5 Å². The Bertz CT molecular complexity index is 273. The molecular weight excluding hydrogens is 293 g/mol. The van der Waals surface area contributed by atoms with Crippen molar-refractivity contribution in [2.45, 2.75) is 26.4 Å². The van der Waals surface area contributed by atoms with Crippen molar-refractivity contribution in [1.82, 2.24) is 5.32 Å². The third-order valence-corrected chi connectivity index (χ3v) is 2.75. The minimum Gasteiger partial charge on any atom is -0.454 e. The number of halogens is 1. The van der Waals surface area contributed by atoms with Gasteiger partial charge in [0.05, 0.1) is 13.2 Å². The maximum atomic E-state index is 9.09. The number of hydrogen-bond acceptors (Lipinski definition) is 3. The van der Waals surface area contributed by atoms with Crippen molar-refractivity contribution in [3.8, 4) is 0 Å². The van der Waals surface area contributed by atoms with E-state index >= 15 is 0 Å². The van der Waals surface area contributed by atoms with Crippen LogP contribution in [0.2, 0.25) is 0 Å². The highest BCUT2D eigenvalue weighted by Crippen LogP contribution is 2.10. The zero-order valence-corrected chi connectivity index (χ0v) is 10.6. The van der Waals surface area contributed by atoms with E-state index in [4.69, 9.17) is 9.52 Å². The molecule has 1 unspecified atom stereocenters. The number of aliphatic hydroxyl groups is 1. The van der Waals surface area contributed by atoms with E-state index in [0.717, 1.165) is 9.53 Å². The van der Waals surface area contributed by atoms with Crippen LogP contribution in [-0.4, -0.2) is 17.8 Å². The highest BCUT2D eigenvalue weighted by atomic mass is 127. The lowest BCUT2D eigenvalue weighted by atomic mass is 10.1. The summed E-state index contributed by atoms with van der Waals surface area (Å²) in [6, 6.07) is 4.02. The minimum absolute atomic E-state index is 0.137. The summed E-state index contributed by atoms with van der Waals surface area (Å²) in [5.41, 5.74) is 0. The Kier molecular flexibility index (Phi) is 4.91. The fourth-order valence-electron chi connectivity index (χ4n) is 1.19. The predicted molar refractivity (Wildman–Crippen MR) is 64.0 cm³/mol. The summed E-state index contributed by atoms with van der Waals surface area (Å²) in [7, 11) is 0. The molecule has 0 saturated heterocycles. The van der Waals surface area contributed by atoms with Crippen molar-refractivity contribution < 1.29 is 9.52 Å². The molecule has 0 saturated carbocycles. The Morgan fingerprint density at radius 1 is 1.50 bits per heavy atom. The summed E-state index contributed by atoms with van der Waals surface area (Å²) < 4.78 is 6.29. The molecule has 0 bridgehead atoms. The molecule has 0 aliphatic rings. The lowest BCUT2D eigenvalue weighted by molar-refractivity contribution is 0.207. The summed E-state index contributed by atoms with van der Waals surface area (Å²) in [4.78, 5) is 0. The van der Waals surface area contributed by atoms with Crippen LogP contribution in [0.3, 0.4) is 0 Å². The van der Waals surface area contributed by atoms with E-state index in [1.807, 2.05) is 12.1 Å². The van der Waals surface area contributed by atoms with E-state index in [1.165, 1.54) is 0 Å². The lowest BCUT2D eigenvalue weighted by Crippen LogP contribution is -2.36. The third-order valence-electron chi connectivity index (χ3n) is 2.17. The normalized spacial score (nSPS) is 13.5. The van der Waals surface area contributed by atoms with E-state index in [-0.39, 0.29) is 12.6 Å². The number of nitrogens with one attached hydrogen (secondary N) is 1. The molecular formula is C10H16INO2. The van der Waals surface area contributed by atoms with Crippen LogP contribution in [0.5, 0.6) is 0 Å². The van der Waals surface area contributed by atoms with Crippen LogP contribution in [0.1, 0.15) is 19.6 Å². The monoisotopic (exact) mass is 309 g/mol. The van der Waals surface area contributed by atoms with Crippen molar-refractivity contribution in [3.05, 3.63) is 21.7 Å². The number of aliphatic hydroxyl groups excluding tert-OH is 1. The van der Waals surface area contributed by atoms with Crippen LogP contribution in [0.4, 0.5) is 0 Å². The van der Waals surface area contributed by atoms with Crippen LogP contribution >= 0.6 is 22.6 Å². The van der Waals surface area contributed by atoms with Crippen LogP contribution in [0, 0.1) is 9.68 Å². The average Bonchev–Trinajstić information content (AvgIpc) is 2.52. The molecule has 1 aromatic heterocycles. The molecule has 3 nitrogen and oxygen atoms in total. The maximum Gasteiger partial charge on any atom is 0.164 e. The lowest BCUT2D eigenvalue weighted by Gasteiger charge is -2.18. The van der Waals surface area contributed by atoms with Gasteiger partial charge >= 0.3 is 0 Å². The van der Waals surface area contributed by atoms with Crippen molar-refractivity contribution in [1.29, 1.82) is 0 Å². The molecule has 1 atom stereocenters. The number of furan rings is 1. The first kappa shape index (κ1) is 12.0. The van der Waals surface area contributed by atoms with Crippen LogP contribution in [0.25, 0.3) is 0 Å². The van der Waals surface area contributed by atoms with Gasteiger partial charge in [-0.1, -0.05) is 13.8 Å². The fourth-order valence-corrected chi connectivity index (χ4v) is 1.65. The SMILES string of the molecule is CC(C)C(CO)NCc1ccc(I)o1. The van der Waals surface area contributed by atoms with Crippen LogP contribution in [0.15, 0.2) is 16.5 Å². The van der Waals surface area contributed by atoms with Crippen molar-refractivity contribution >= 4 is 22.6 Å². The first-order chi connectivity index (χ1) is 6.63. The summed E-state index contributed by atoms with van der Waals surface area (Å²) in [5.74, 6) is 1.34. The molecule has 0 aliphatic heterocycles. The predicted octanol–water partition coefficient (Wildman–Crippen LogP) is 1.99. The molecule has 0 aromatic carbocycles. The van der Waals surface area contributed by atoms with E-state index in [9.17, 15) is 0 Å².